The van der Waals surface area contributed by atoms with E-state index in [0.717, 1.165) is 27.5 Å². The highest BCUT2D eigenvalue weighted by atomic mass is 32.2. The number of anilines is 2. The zero-order valence-corrected chi connectivity index (χ0v) is 18.0. The van der Waals surface area contributed by atoms with Gasteiger partial charge in [0.15, 0.2) is 5.13 Å². The second-order valence-corrected chi connectivity index (χ2v) is 8.08. The third kappa shape index (κ3) is 4.92. The van der Waals surface area contributed by atoms with Crippen molar-refractivity contribution in [2.75, 3.05) is 29.4 Å². The molecule has 0 atom stereocenters. The topological polar surface area (TPSA) is 132 Å². The number of amides is 1. The maximum atomic E-state index is 12.3. The minimum absolute atomic E-state index is 0.107. The Kier molecular flexibility index (Phi) is 6.29. The van der Waals surface area contributed by atoms with E-state index in [0.29, 0.717) is 16.0 Å². The molecule has 0 aliphatic carbocycles. The maximum Gasteiger partial charge on any atom is 0.264 e. The SMILES string of the molecule is COc1ccccc1/C=N/Nc1nnc(SCC(=O)Nc2nc3ccccc3s2)n1N. The number of thiazole rings is 1. The van der Waals surface area contributed by atoms with Crippen LogP contribution < -0.4 is 21.3 Å². The van der Waals surface area contributed by atoms with Crippen LogP contribution in [-0.4, -0.2) is 44.8 Å². The summed E-state index contributed by atoms with van der Waals surface area (Å²) in [6.45, 7) is 0. The van der Waals surface area contributed by atoms with Crippen LogP contribution in [0.1, 0.15) is 5.56 Å². The van der Waals surface area contributed by atoms with Gasteiger partial charge in [0.2, 0.25) is 11.1 Å². The molecule has 0 aliphatic heterocycles. The van der Waals surface area contributed by atoms with Crippen molar-refractivity contribution in [2.24, 2.45) is 5.10 Å². The predicted octanol–water partition coefficient (Wildman–Crippen LogP) is 2.79. The number of ether oxygens (including phenoxy) is 1. The number of rotatable bonds is 8. The molecule has 12 heteroatoms. The standard InChI is InChI=1S/C19H18N8O2S2/c1-29-14-8-4-2-6-12(14)10-21-24-17-25-26-19(27(17)20)30-11-16(28)23-18-22-13-7-3-5-9-15(13)31-18/h2-10H,11,20H2,1H3,(H,24,25)(H,22,23,28)/b21-10+. The van der Waals surface area contributed by atoms with Crippen LogP contribution in [0.2, 0.25) is 0 Å². The summed E-state index contributed by atoms with van der Waals surface area (Å²) in [6, 6.07) is 15.1. The van der Waals surface area contributed by atoms with E-state index in [2.05, 4.69) is 31.0 Å². The summed E-state index contributed by atoms with van der Waals surface area (Å²) in [7, 11) is 1.59. The highest BCUT2D eigenvalue weighted by Crippen LogP contribution is 2.26. The van der Waals surface area contributed by atoms with Crippen molar-refractivity contribution < 1.29 is 9.53 Å². The minimum Gasteiger partial charge on any atom is -0.496 e. The summed E-state index contributed by atoms with van der Waals surface area (Å²) in [5.74, 6) is 6.82. The maximum absolute atomic E-state index is 12.3. The zero-order chi connectivity index (χ0) is 21.6. The molecule has 31 heavy (non-hydrogen) atoms. The molecule has 0 spiro atoms. The average molecular weight is 455 g/mol. The van der Waals surface area contributed by atoms with E-state index in [1.165, 1.54) is 16.0 Å². The highest BCUT2D eigenvalue weighted by molar-refractivity contribution is 7.99. The number of carbonyl (C=O) groups is 1. The average Bonchev–Trinajstić information content (AvgIpc) is 3.35. The number of nitrogens with zero attached hydrogens (tertiary/aromatic N) is 5. The third-order valence-electron chi connectivity index (χ3n) is 4.04. The van der Waals surface area contributed by atoms with E-state index in [4.69, 9.17) is 10.6 Å². The Hall–Kier alpha value is -3.64. The summed E-state index contributed by atoms with van der Waals surface area (Å²) >= 11 is 2.57. The largest absolute Gasteiger partial charge is 0.496 e. The molecule has 0 bridgehead atoms. The molecule has 158 valence electrons. The summed E-state index contributed by atoms with van der Waals surface area (Å²) in [5, 5.41) is 15.8. The number of nitrogens with one attached hydrogen (secondary N) is 2. The van der Waals surface area contributed by atoms with Crippen molar-refractivity contribution in [1.29, 1.82) is 0 Å². The van der Waals surface area contributed by atoms with Crippen LogP contribution in [0.5, 0.6) is 5.75 Å². The van der Waals surface area contributed by atoms with E-state index in [-0.39, 0.29) is 17.6 Å². The number of carbonyl (C=O) groups excluding carboxylic acids is 1. The highest BCUT2D eigenvalue weighted by Gasteiger charge is 2.13. The molecule has 4 aromatic rings. The van der Waals surface area contributed by atoms with Crippen molar-refractivity contribution in [3.05, 3.63) is 54.1 Å². The quantitative estimate of drug-likeness (QED) is 0.160. The molecule has 2 aromatic heterocycles. The van der Waals surface area contributed by atoms with Gasteiger partial charge in [-0.2, -0.15) is 5.10 Å². The van der Waals surface area contributed by atoms with Gasteiger partial charge in [-0.25, -0.2) is 15.1 Å². The van der Waals surface area contributed by atoms with Gasteiger partial charge in [-0.05, 0) is 24.3 Å². The molecule has 4 N–H and O–H groups in total. The lowest BCUT2D eigenvalue weighted by Crippen LogP contribution is -2.16. The van der Waals surface area contributed by atoms with Crippen LogP contribution in [0.15, 0.2) is 58.8 Å². The van der Waals surface area contributed by atoms with Gasteiger partial charge in [-0.15, -0.1) is 10.2 Å². The molecule has 10 nitrogen and oxygen atoms in total. The number of para-hydroxylation sites is 2. The Balaban J connectivity index is 1.32. The minimum atomic E-state index is -0.212. The first-order valence-corrected chi connectivity index (χ1v) is 10.8. The number of aromatic nitrogens is 4. The van der Waals surface area contributed by atoms with E-state index < -0.39 is 0 Å². The Labute approximate surface area is 185 Å². The second kappa shape index (κ2) is 9.45. The van der Waals surface area contributed by atoms with Crippen molar-refractivity contribution >= 4 is 56.5 Å². The molecule has 0 radical (unpaired) electrons. The Bertz CT molecular complexity index is 1200. The lowest BCUT2D eigenvalue weighted by atomic mass is 10.2. The molecule has 2 aromatic carbocycles. The molecule has 0 aliphatic rings. The lowest BCUT2D eigenvalue weighted by molar-refractivity contribution is -0.113. The van der Waals surface area contributed by atoms with Gasteiger partial charge < -0.3 is 15.9 Å². The zero-order valence-electron chi connectivity index (χ0n) is 16.3. The van der Waals surface area contributed by atoms with Crippen LogP contribution in [0, 0.1) is 0 Å². The van der Waals surface area contributed by atoms with Gasteiger partial charge in [-0.1, -0.05) is 47.4 Å². The molecule has 0 fully saturated rings. The molecule has 2 heterocycles. The Morgan fingerprint density at radius 1 is 1.26 bits per heavy atom. The first kappa shape index (κ1) is 20.6. The van der Waals surface area contributed by atoms with Crippen molar-refractivity contribution in [3.8, 4) is 5.75 Å². The van der Waals surface area contributed by atoms with Crippen LogP contribution in [0.4, 0.5) is 11.1 Å². The molecule has 0 unspecified atom stereocenters. The number of nitrogen functional groups attached to an aromatic ring is 1. The lowest BCUT2D eigenvalue weighted by Gasteiger charge is -2.04. The van der Waals surface area contributed by atoms with Crippen molar-refractivity contribution in [2.45, 2.75) is 5.16 Å². The van der Waals surface area contributed by atoms with Gasteiger partial charge in [-0.3, -0.25) is 4.79 Å². The molecule has 4 rings (SSSR count). The van der Waals surface area contributed by atoms with Gasteiger partial charge >= 0.3 is 0 Å². The van der Waals surface area contributed by atoms with Crippen LogP contribution >= 0.6 is 23.1 Å². The van der Waals surface area contributed by atoms with E-state index >= 15 is 0 Å². The number of hydrazone groups is 1. The molecule has 0 saturated heterocycles. The molecule has 0 saturated carbocycles. The van der Waals surface area contributed by atoms with Crippen LogP contribution in [0.3, 0.4) is 0 Å². The van der Waals surface area contributed by atoms with E-state index in [9.17, 15) is 4.79 Å². The number of thioether (sulfide) groups is 1. The first-order valence-electron chi connectivity index (χ1n) is 9.05. The summed E-state index contributed by atoms with van der Waals surface area (Å²) in [6.07, 6.45) is 1.59. The molecular formula is C19H18N8O2S2. The Morgan fingerprint density at radius 2 is 2.06 bits per heavy atom. The first-order chi connectivity index (χ1) is 15.1. The van der Waals surface area contributed by atoms with Crippen molar-refractivity contribution in [1.82, 2.24) is 19.9 Å². The van der Waals surface area contributed by atoms with Crippen molar-refractivity contribution in [3.63, 3.8) is 0 Å². The number of nitrogens with two attached hydrogens (primary N) is 1. The molecular weight excluding hydrogens is 436 g/mol. The third-order valence-corrected chi connectivity index (χ3v) is 5.94. The normalized spacial score (nSPS) is 11.1. The number of hydrogen-bond donors (Lipinski definition) is 3. The fourth-order valence-corrected chi connectivity index (χ4v) is 4.13. The monoisotopic (exact) mass is 454 g/mol. The van der Waals surface area contributed by atoms with Crippen LogP contribution in [0.25, 0.3) is 10.2 Å². The number of benzene rings is 2. The van der Waals surface area contributed by atoms with E-state index in [1.54, 1.807) is 13.3 Å². The fraction of sp³-hybridized carbons (Fsp3) is 0.105. The number of fused-ring (bicyclic) bond motifs is 1. The number of hydrogen-bond acceptors (Lipinski definition) is 10. The van der Waals surface area contributed by atoms with Gasteiger partial charge in [0.1, 0.15) is 5.75 Å². The Morgan fingerprint density at radius 3 is 2.90 bits per heavy atom. The number of methoxy groups -OCH3 is 1. The predicted molar refractivity (Wildman–Crippen MR) is 123 cm³/mol. The fourth-order valence-electron chi connectivity index (χ4n) is 2.60. The molecule has 1 amide bonds. The summed E-state index contributed by atoms with van der Waals surface area (Å²) in [4.78, 5) is 16.6. The second-order valence-electron chi connectivity index (χ2n) is 6.11. The smallest absolute Gasteiger partial charge is 0.264 e. The van der Waals surface area contributed by atoms with Gasteiger partial charge in [0.05, 0.1) is 29.3 Å². The summed E-state index contributed by atoms with van der Waals surface area (Å²) < 4.78 is 7.51. The summed E-state index contributed by atoms with van der Waals surface area (Å²) in [5.41, 5.74) is 4.37. The van der Waals surface area contributed by atoms with E-state index in [1.807, 2.05) is 48.5 Å². The van der Waals surface area contributed by atoms with Gasteiger partial charge in [0.25, 0.3) is 5.95 Å². The van der Waals surface area contributed by atoms with Gasteiger partial charge in [0, 0.05) is 5.56 Å². The van der Waals surface area contributed by atoms with Crippen LogP contribution in [-0.2, 0) is 4.79 Å².